The SMILES string of the molecule is O=[N+]([O-])c1cnn(CN2CCN(S(=O)(=O)c3ccc(F)cc3)CC2)c1. The van der Waals surface area contributed by atoms with Gasteiger partial charge in [0.1, 0.15) is 18.2 Å². The highest BCUT2D eigenvalue weighted by atomic mass is 32.2. The predicted molar refractivity (Wildman–Crippen MR) is 85.6 cm³/mol. The summed E-state index contributed by atoms with van der Waals surface area (Å²) < 4.78 is 40.8. The fourth-order valence-electron chi connectivity index (χ4n) is 2.60. The van der Waals surface area contributed by atoms with Crippen molar-refractivity contribution in [1.82, 2.24) is 19.0 Å². The minimum absolute atomic E-state index is 0.0602. The van der Waals surface area contributed by atoms with Gasteiger partial charge in [-0.05, 0) is 24.3 Å². The van der Waals surface area contributed by atoms with Crippen molar-refractivity contribution in [2.75, 3.05) is 26.2 Å². The van der Waals surface area contributed by atoms with Gasteiger partial charge >= 0.3 is 5.69 Å². The smallest absolute Gasteiger partial charge is 0.282 e. The monoisotopic (exact) mass is 369 g/mol. The third kappa shape index (κ3) is 3.83. The molecule has 25 heavy (non-hydrogen) atoms. The van der Waals surface area contributed by atoms with Gasteiger partial charge in [0.2, 0.25) is 10.0 Å². The summed E-state index contributed by atoms with van der Waals surface area (Å²) >= 11 is 0. The van der Waals surface area contributed by atoms with E-state index in [-0.39, 0.29) is 23.7 Å². The standard InChI is InChI=1S/C14H16FN5O4S/c15-12-1-3-14(4-2-12)25(23,24)19-7-5-17(6-8-19)11-18-10-13(9-16-18)20(21)22/h1-4,9-10H,5-8,11H2. The third-order valence-electron chi connectivity index (χ3n) is 3.96. The molecule has 0 spiro atoms. The van der Waals surface area contributed by atoms with Crippen LogP contribution in [0, 0.1) is 15.9 Å². The zero-order valence-corrected chi connectivity index (χ0v) is 14.0. The van der Waals surface area contributed by atoms with E-state index in [2.05, 4.69) is 5.10 Å². The molecule has 0 saturated carbocycles. The van der Waals surface area contributed by atoms with Crippen LogP contribution in [0.4, 0.5) is 10.1 Å². The molecule has 0 amide bonds. The van der Waals surface area contributed by atoms with E-state index in [1.807, 2.05) is 4.90 Å². The molecule has 0 bridgehead atoms. The van der Waals surface area contributed by atoms with E-state index in [0.717, 1.165) is 12.1 Å². The van der Waals surface area contributed by atoms with Gasteiger partial charge in [0.15, 0.2) is 0 Å². The molecule has 0 radical (unpaired) electrons. The average molecular weight is 369 g/mol. The van der Waals surface area contributed by atoms with E-state index in [9.17, 15) is 22.9 Å². The van der Waals surface area contributed by atoms with Gasteiger partial charge in [-0.2, -0.15) is 9.40 Å². The third-order valence-corrected chi connectivity index (χ3v) is 5.87. The lowest BCUT2D eigenvalue weighted by Crippen LogP contribution is -2.48. The van der Waals surface area contributed by atoms with Crippen molar-refractivity contribution in [1.29, 1.82) is 0 Å². The Bertz CT molecular complexity index is 860. The Hall–Kier alpha value is -2.37. The van der Waals surface area contributed by atoms with Crippen molar-refractivity contribution in [2.24, 2.45) is 0 Å². The first-order chi connectivity index (χ1) is 11.9. The van der Waals surface area contributed by atoms with Crippen LogP contribution in [0.5, 0.6) is 0 Å². The molecule has 0 aliphatic carbocycles. The van der Waals surface area contributed by atoms with E-state index in [1.54, 1.807) is 0 Å². The maximum atomic E-state index is 13.0. The highest BCUT2D eigenvalue weighted by Gasteiger charge is 2.28. The number of hydrogen-bond donors (Lipinski definition) is 0. The fraction of sp³-hybridized carbons (Fsp3) is 0.357. The van der Waals surface area contributed by atoms with Crippen LogP contribution in [0.1, 0.15) is 0 Å². The van der Waals surface area contributed by atoms with Gasteiger partial charge in [0, 0.05) is 26.2 Å². The molecule has 3 rings (SSSR count). The van der Waals surface area contributed by atoms with Gasteiger partial charge in [0.05, 0.1) is 16.5 Å². The van der Waals surface area contributed by atoms with Gasteiger partial charge in [-0.15, -0.1) is 0 Å². The summed E-state index contributed by atoms with van der Waals surface area (Å²) in [6.45, 7) is 1.84. The van der Waals surface area contributed by atoms with Gasteiger partial charge in [-0.3, -0.25) is 19.7 Å². The number of nitrogens with zero attached hydrogens (tertiary/aromatic N) is 5. The Labute approximate surface area is 143 Å². The summed E-state index contributed by atoms with van der Waals surface area (Å²) in [6.07, 6.45) is 2.51. The maximum Gasteiger partial charge on any atom is 0.307 e. The summed E-state index contributed by atoms with van der Waals surface area (Å²) in [5.41, 5.74) is -0.0856. The number of aromatic nitrogens is 2. The lowest BCUT2D eigenvalue weighted by atomic mass is 10.4. The molecule has 134 valence electrons. The van der Waals surface area contributed by atoms with Gasteiger partial charge in [0.25, 0.3) is 0 Å². The van der Waals surface area contributed by atoms with E-state index >= 15 is 0 Å². The molecule has 1 aromatic heterocycles. The van der Waals surface area contributed by atoms with Crippen LogP contribution in [0.15, 0.2) is 41.6 Å². The summed E-state index contributed by atoms with van der Waals surface area (Å²) in [5, 5.41) is 14.6. The first-order valence-corrected chi connectivity index (χ1v) is 8.95. The maximum absolute atomic E-state index is 13.0. The van der Waals surface area contributed by atoms with Crippen LogP contribution in [-0.2, 0) is 16.7 Å². The molecule has 1 aromatic carbocycles. The lowest BCUT2D eigenvalue weighted by molar-refractivity contribution is -0.385. The Morgan fingerprint density at radius 2 is 1.80 bits per heavy atom. The fourth-order valence-corrected chi connectivity index (χ4v) is 4.02. The summed E-state index contributed by atoms with van der Waals surface area (Å²) in [5.74, 6) is -0.489. The summed E-state index contributed by atoms with van der Waals surface area (Å²) in [4.78, 5) is 12.2. The largest absolute Gasteiger partial charge is 0.307 e. The zero-order chi connectivity index (χ0) is 18.0. The van der Waals surface area contributed by atoms with E-state index < -0.39 is 20.8 Å². The number of rotatable bonds is 5. The second-order valence-electron chi connectivity index (χ2n) is 5.61. The topological polar surface area (TPSA) is 102 Å². The number of halogens is 1. The second-order valence-corrected chi connectivity index (χ2v) is 7.55. The van der Waals surface area contributed by atoms with E-state index in [0.29, 0.717) is 19.8 Å². The van der Waals surface area contributed by atoms with Crippen molar-refractivity contribution in [3.05, 3.63) is 52.6 Å². The predicted octanol–water partition coefficient (Wildman–Crippen LogP) is 0.894. The second kappa shape index (κ2) is 6.86. The zero-order valence-electron chi connectivity index (χ0n) is 13.2. The van der Waals surface area contributed by atoms with E-state index in [4.69, 9.17) is 0 Å². The number of hydrogen-bond acceptors (Lipinski definition) is 6. The van der Waals surface area contributed by atoms with Gasteiger partial charge in [-0.25, -0.2) is 12.8 Å². The van der Waals surface area contributed by atoms with Crippen LogP contribution in [-0.4, -0.2) is 58.5 Å². The highest BCUT2D eigenvalue weighted by molar-refractivity contribution is 7.89. The first kappa shape index (κ1) is 17.5. The molecule has 1 saturated heterocycles. The quantitative estimate of drug-likeness (QED) is 0.573. The van der Waals surface area contributed by atoms with E-state index in [1.165, 1.54) is 33.5 Å². The van der Waals surface area contributed by atoms with Crippen LogP contribution in [0.2, 0.25) is 0 Å². The van der Waals surface area contributed by atoms with Crippen LogP contribution < -0.4 is 0 Å². The Morgan fingerprint density at radius 3 is 2.36 bits per heavy atom. The molecule has 2 aromatic rings. The van der Waals surface area contributed by atoms with Crippen LogP contribution >= 0.6 is 0 Å². The molecule has 11 heteroatoms. The summed E-state index contributed by atoms with van der Waals surface area (Å²) in [6, 6.07) is 4.74. The molecule has 0 unspecified atom stereocenters. The van der Waals surface area contributed by atoms with Crippen molar-refractivity contribution >= 4 is 15.7 Å². The number of nitro groups is 1. The number of piperazine rings is 1. The Balaban J connectivity index is 1.61. The normalized spacial score (nSPS) is 16.8. The van der Waals surface area contributed by atoms with Gasteiger partial charge in [-0.1, -0.05) is 0 Å². The molecule has 0 N–H and O–H groups in total. The molecule has 0 atom stereocenters. The highest BCUT2D eigenvalue weighted by Crippen LogP contribution is 2.18. The number of benzene rings is 1. The molecule has 2 heterocycles. The van der Waals surface area contributed by atoms with Crippen molar-refractivity contribution < 1.29 is 17.7 Å². The minimum atomic E-state index is -3.65. The molecule has 9 nitrogen and oxygen atoms in total. The summed E-state index contributed by atoms with van der Waals surface area (Å²) in [7, 11) is -3.65. The molecular formula is C14H16FN5O4S. The average Bonchev–Trinajstić information content (AvgIpc) is 3.04. The van der Waals surface area contributed by atoms with Crippen molar-refractivity contribution in [3.63, 3.8) is 0 Å². The van der Waals surface area contributed by atoms with Gasteiger partial charge < -0.3 is 0 Å². The van der Waals surface area contributed by atoms with Crippen molar-refractivity contribution in [3.8, 4) is 0 Å². The first-order valence-electron chi connectivity index (χ1n) is 7.51. The Kier molecular flexibility index (Phi) is 4.79. The molecular weight excluding hydrogens is 353 g/mol. The number of sulfonamides is 1. The lowest BCUT2D eigenvalue weighted by Gasteiger charge is -2.33. The molecule has 1 fully saturated rings. The minimum Gasteiger partial charge on any atom is -0.282 e. The molecule has 1 aliphatic rings. The van der Waals surface area contributed by atoms with Crippen LogP contribution in [0.25, 0.3) is 0 Å². The van der Waals surface area contributed by atoms with Crippen molar-refractivity contribution in [2.45, 2.75) is 11.6 Å². The Morgan fingerprint density at radius 1 is 1.16 bits per heavy atom. The van der Waals surface area contributed by atoms with Crippen LogP contribution in [0.3, 0.4) is 0 Å². The molecule has 1 aliphatic heterocycles.